The third kappa shape index (κ3) is 1.04. The van der Waals surface area contributed by atoms with Gasteiger partial charge in [-0.2, -0.15) is 0 Å². The van der Waals surface area contributed by atoms with Gasteiger partial charge in [-0.05, 0) is 6.07 Å². The van der Waals surface area contributed by atoms with Crippen molar-refractivity contribution in [3.05, 3.63) is 17.7 Å². The van der Waals surface area contributed by atoms with Gasteiger partial charge < -0.3 is 19.9 Å². The van der Waals surface area contributed by atoms with Gasteiger partial charge in [-0.1, -0.05) is 0 Å². The summed E-state index contributed by atoms with van der Waals surface area (Å²) < 4.78 is 16.0. The second kappa shape index (κ2) is 2.78. The van der Waals surface area contributed by atoms with Crippen molar-refractivity contribution in [1.29, 1.82) is 0 Å². The summed E-state index contributed by atoms with van der Waals surface area (Å²) in [6, 6.07) is 3.83. The van der Waals surface area contributed by atoms with Crippen molar-refractivity contribution in [1.82, 2.24) is 0 Å². The Kier molecular flexibility index (Phi) is 1.58. The minimum absolute atomic E-state index is 0.0493. The largest absolute Gasteiger partial charge is 0.493 e. The summed E-state index contributed by atoms with van der Waals surface area (Å²) in [5, 5.41) is 0. The Morgan fingerprint density at radius 2 is 1.86 bits per heavy atom. The predicted molar refractivity (Wildman–Crippen MR) is 49.6 cm³/mol. The number of fused-ring (bicyclic) bond motifs is 2. The van der Waals surface area contributed by atoms with E-state index in [1.165, 1.54) is 0 Å². The summed E-state index contributed by atoms with van der Waals surface area (Å²) >= 11 is 0. The highest BCUT2D eigenvalue weighted by Crippen LogP contribution is 2.42. The van der Waals surface area contributed by atoms with E-state index in [1.54, 1.807) is 0 Å². The Morgan fingerprint density at radius 1 is 1.07 bits per heavy atom. The molecule has 2 aliphatic rings. The summed E-state index contributed by atoms with van der Waals surface area (Å²) in [7, 11) is 0. The second-order valence-corrected chi connectivity index (χ2v) is 3.49. The molecule has 1 unspecified atom stereocenters. The lowest BCUT2D eigenvalue weighted by molar-refractivity contribution is 0.174. The van der Waals surface area contributed by atoms with E-state index in [0.29, 0.717) is 6.61 Å². The van der Waals surface area contributed by atoms with Crippen LogP contribution in [0.3, 0.4) is 0 Å². The summed E-state index contributed by atoms with van der Waals surface area (Å²) in [5.41, 5.74) is 6.98. The molecule has 0 amide bonds. The smallest absolute Gasteiger partial charge is 0.231 e. The first-order chi connectivity index (χ1) is 6.84. The van der Waals surface area contributed by atoms with E-state index in [2.05, 4.69) is 0 Å². The fraction of sp³-hybridized carbons (Fsp3) is 0.400. The SMILES string of the molecule is NC1CCOc2cc3c(cc21)OCO3. The molecule has 0 saturated carbocycles. The molecule has 0 saturated heterocycles. The molecule has 2 N–H and O–H groups in total. The topological polar surface area (TPSA) is 53.7 Å². The van der Waals surface area contributed by atoms with Crippen LogP contribution >= 0.6 is 0 Å². The molecule has 1 atom stereocenters. The van der Waals surface area contributed by atoms with Gasteiger partial charge >= 0.3 is 0 Å². The van der Waals surface area contributed by atoms with E-state index >= 15 is 0 Å². The van der Waals surface area contributed by atoms with Gasteiger partial charge in [-0.25, -0.2) is 0 Å². The lowest BCUT2D eigenvalue weighted by atomic mass is 10.0. The molecule has 2 aliphatic heterocycles. The van der Waals surface area contributed by atoms with Crippen molar-refractivity contribution in [3.63, 3.8) is 0 Å². The van der Waals surface area contributed by atoms with E-state index in [9.17, 15) is 0 Å². The Hall–Kier alpha value is -1.42. The minimum atomic E-state index is 0.0493. The van der Waals surface area contributed by atoms with Gasteiger partial charge in [0.1, 0.15) is 5.75 Å². The zero-order valence-corrected chi connectivity index (χ0v) is 7.66. The third-order valence-electron chi connectivity index (χ3n) is 2.59. The third-order valence-corrected chi connectivity index (χ3v) is 2.59. The number of ether oxygens (including phenoxy) is 3. The summed E-state index contributed by atoms with van der Waals surface area (Å²) in [6.07, 6.45) is 0.854. The van der Waals surface area contributed by atoms with Crippen molar-refractivity contribution in [2.75, 3.05) is 13.4 Å². The van der Waals surface area contributed by atoms with Gasteiger partial charge in [-0.15, -0.1) is 0 Å². The van der Waals surface area contributed by atoms with Gasteiger partial charge in [0.05, 0.1) is 6.61 Å². The zero-order chi connectivity index (χ0) is 9.54. The van der Waals surface area contributed by atoms with Crippen LogP contribution in [0.25, 0.3) is 0 Å². The number of rotatable bonds is 0. The number of hydrogen-bond donors (Lipinski definition) is 1. The van der Waals surface area contributed by atoms with Crippen LogP contribution in [0, 0.1) is 0 Å². The lowest BCUT2D eigenvalue weighted by Crippen LogP contribution is -2.20. The molecule has 0 spiro atoms. The molecular weight excluding hydrogens is 182 g/mol. The number of benzene rings is 1. The monoisotopic (exact) mass is 193 g/mol. The Labute approximate surface area is 81.6 Å². The zero-order valence-electron chi connectivity index (χ0n) is 7.66. The van der Waals surface area contributed by atoms with E-state index in [1.807, 2.05) is 12.1 Å². The van der Waals surface area contributed by atoms with Gasteiger partial charge in [-0.3, -0.25) is 0 Å². The van der Waals surface area contributed by atoms with Crippen molar-refractivity contribution >= 4 is 0 Å². The Balaban J connectivity index is 2.12. The molecule has 1 aromatic carbocycles. The van der Waals surface area contributed by atoms with Crippen molar-refractivity contribution in [2.45, 2.75) is 12.5 Å². The van der Waals surface area contributed by atoms with E-state index < -0.39 is 0 Å². The fourth-order valence-electron chi connectivity index (χ4n) is 1.81. The maximum absolute atomic E-state index is 5.96. The van der Waals surface area contributed by atoms with Gasteiger partial charge in [0.15, 0.2) is 11.5 Å². The number of nitrogens with two attached hydrogens (primary N) is 1. The highest BCUT2D eigenvalue weighted by atomic mass is 16.7. The molecule has 4 nitrogen and oxygen atoms in total. The van der Waals surface area contributed by atoms with Gasteiger partial charge in [0.2, 0.25) is 6.79 Å². The fourth-order valence-corrected chi connectivity index (χ4v) is 1.81. The molecule has 0 fully saturated rings. The maximum atomic E-state index is 5.96. The van der Waals surface area contributed by atoms with Crippen LogP contribution in [0.2, 0.25) is 0 Å². The normalized spacial score (nSPS) is 22.8. The quantitative estimate of drug-likeness (QED) is 0.672. The van der Waals surface area contributed by atoms with Crippen LogP contribution < -0.4 is 19.9 Å². The molecule has 14 heavy (non-hydrogen) atoms. The van der Waals surface area contributed by atoms with Crippen molar-refractivity contribution < 1.29 is 14.2 Å². The van der Waals surface area contributed by atoms with Crippen LogP contribution in [0.4, 0.5) is 0 Å². The molecule has 0 radical (unpaired) electrons. The standard InChI is InChI=1S/C10H11NO3/c11-7-1-2-12-8-4-10-9(3-6(7)8)13-5-14-10/h3-4,7H,1-2,5,11H2. The summed E-state index contributed by atoms with van der Waals surface area (Å²) in [5.74, 6) is 2.34. The first-order valence-electron chi connectivity index (χ1n) is 4.66. The van der Waals surface area contributed by atoms with Gasteiger partial charge in [0, 0.05) is 24.1 Å². The van der Waals surface area contributed by atoms with Crippen LogP contribution in [-0.2, 0) is 0 Å². The molecule has 0 bridgehead atoms. The second-order valence-electron chi connectivity index (χ2n) is 3.49. The summed E-state index contributed by atoms with van der Waals surface area (Å²) in [6.45, 7) is 0.960. The first kappa shape index (κ1) is 7.94. The van der Waals surface area contributed by atoms with E-state index in [4.69, 9.17) is 19.9 Å². The Bertz CT molecular complexity index is 378. The average molecular weight is 193 g/mol. The molecule has 3 rings (SSSR count). The van der Waals surface area contributed by atoms with Crippen LogP contribution in [-0.4, -0.2) is 13.4 Å². The van der Waals surface area contributed by atoms with Gasteiger partial charge in [0.25, 0.3) is 0 Å². The Morgan fingerprint density at radius 3 is 2.71 bits per heavy atom. The highest BCUT2D eigenvalue weighted by Gasteiger charge is 2.23. The maximum Gasteiger partial charge on any atom is 0.231 e. The van der Waals surface area contributed by atoms with Crippen LogP contribution in [0.15, 0.2) is 12.1 Å². The van der Waals surface area contributed by atoms with Crippen LogP contribution in [0.1, 0.15) is 18.0 Å². The van der Waals surface area contributed by atoms with Crippen LogP contribution in [0.5, 0.6) is 17.2 Å². The lowest BCUT2D eigenvalue weighted by Gasteiger charge is -2.22. The molecule has 74 valence electrons. The first-order valence-corrected chi connectivity index (χ1v) is 4.66. The molecule has 0 aliphatic carbocycles. The average Bonchev–Trinajstić information content (AvgIpc) is 2.62. The van der Waals surface area contributed by atoms with E-state index in [-0.39, 0.29) is 12.8 Å². The molecule has 2 heterocycles. The molecule has 4 heteroatoms. The number of hydrogen-bond acceptors (Lipinski definition) is 4. The predicted octanol–water partition coefficient (Wildman–Crippen LogP) is 1.20. The van der Waals surface area contributed by atoms with Crippen molar-refractivity contribution in [2.24, 2.45) is 5.73 Å². The minimum Gasteiger partial charge on any atom is -0.493 e. The van der Waals surface area contributed by atoms with E-state index in [0.717, 1.165) is 29.2 Å². The molecule has 0 aromatic heterocycles. The van der Waals surface area contributed by atoms with Crippen molar-refractivity contribution in [3.8, 4) is 17.2 Å². The molecule has 1 aromatic rings. The highest BCUT2D eigenvalue weighted by molar-refractivity contribution is 5.53. The summed E-state index contributed by atoms with van der Waals surface area (Å²) in [4.78, 5) is 0. The molecular formula is C10H11NO3.